The summed E-state index contributed by atoms with van der Waals surface area (Å²) in [5.74, 6) is 6.56. The molecule has 5 nitrogen and oxygen atoms in total. The Morgan fingerprint density at radius 3 is 2.86 bits per heavy atom. The van der Waals surface area contributed by atoms with E-state index in [9.17, 15) is 4.79 Å². The highest BCUT2D eigenvalue weighted by Crippen LogP contribution is 2.52. The predicted molar refractivity (Wildman–Crippen MR) is 118 cm³/mol. The van der Waals surface area contributed by atoms with Crippen molar-refractivity contribution >= 4 is 29.5 Å². The largest absolute Gasteiger partial charge is 0.493 e. The van der Waals surface area contributed by atoms with Crippen LogP contribution in [-0.4, -0.2) is 40.2 Å². The number of hydrogen-bond donors (Lipinski definition) is 1. The first kappa shape index (κ1) is 21.5. The molecule has 0 spiro atoms. The van der Waals surface area contributed by atoms with Crippen LogP contribution in [0, 0.1) is 11.8 Å². The van der Waals surface area contributed by atoms with Crippen LogP contribution in [0.4, 0.5) is 0 Å². The zero-order valence-corrected chi connectivity index (χ0v) is 18.2. The van der Waals surface area contributed by atoms with Gasteiger partial charge in [-0.2, -0.15) is 0 Å². The number of carbonyl (C=O) groups is 1. The fraction of sp³-hybridized carbons (Fsp3) is 0.409. The van der Waals surface area contributed by atoms with Crippen molar-refractivity contribution in [3.63, 3.8) is 0 Å². The van der Waals surface area contributed by atoms with E-state index >= 15 is 0 Å². The van der Waals surface area contributed by atoms with Crippen LogP contribution in [0.5, 0.6) is 5.75 Å². The lowest BCUT2D eigenvalue weighted by Gasteiger charge is -2.36. The van der Waals surface area contributed by atoms with E-state index in [0.717, 1.165) is 30.0 Å². The van der Waals surface area contributed by atoms with Gasteiger partial charge in [0.05, 0.1) is 22.3 Å². The summed E-state index contributed by atoms with van der Waals surface area (Å²) < 4.78 is 5.84. The van der Waals surface area contributed by atoms with Gasteiger partial charge in [-0.1, -0.05) is 11.8 Å². The molecule has 2 heterocycles. The third kappa shape index (κ3) is 5.26. The number of aromatic nitrogens is 2. The second kappa shape index (κ2) is 10.0. The zero-order valence-electron chi connectivity index (χ0n) is 16.6. The average molecular weight is 429 g/mol. The maximum atomic E-state index is 10.9. The zero-order chi connectivity index (χ0) is 20.7. The van der Waals surface area contributed by atoms with Crippen LogP contribution in [0.15, 0.2) is 36.8 Å². The smallest absolute Gasteiger partial charge is 0.303 e. The molecule has 0 saturated carbocycles. The second-order valence-electron chi connectivity index (χ2n) is 6.71. The Kier molecular flexibility index (Phi) is 7.45. The summed E-state index contributed by atoms with van der Waals surface area (Å²) in [5.41, 5.74) is 2.88. The number of ether oxygens (including phenoxy) is 1. The van der Waals surface area contributed by atoms with Gasteiger partial charge in [-0.15, -0.1) is 23.5 Å². The number of nitrogens with zero attached hydrogens (tertiary/aromatic N) is 2. The molecule has 1 aliphatic heterocycles. The first-order valence-corrected chi connectivity index (χ1v) is 11.9. The van der Waals surface area contributed by atoms with Gasteiger partial charge < -0.3 is 9.84 Å². The highest BCUT2D eigenvalue weighted by atomic mass is 32.2. The van der Waals surface area contributed by atoms with Crippen molar-refractivity contribution in [1.82, 2.24) is 9.97 Å². The van der Waals surface area contributed by atoms with Crippen LogP contribution in [-0.2, 0) is 8.87 Å². The van der Waals surface area contributed by atoms with Crippen LogP contribution in [0.2, 0.25) is 0 Å². The lowest BCUT2D eigenvalue weighted by molar-refractivity contribution is -0.137. The molecule has 29 heavy (non-hydrogen) atoms. The van der Waals surface area contributed by atoms with E-state index in [0.29, 0.717) is 12.8 Å². The van der Waals surface area contributed by atoms with Gasteiger partial charge in [-0.25, -0.2) is 0 Å². The molecule has 0 saturated heterocycles. The minimum atomic E-state index is -0.795. The Morgan fingerprint density at radius 1 is 1.34 bits per heavy atom. The van der Waals surface area contributed by atoms with E-state index in [1.807, 2.05) is 35.7 Å². The summed E-state index contributed by atoms with van der Waals surface area (Å²) in [5, 5.41) is 8.93. The second-order valence-corrected chi connectivity index (χ2v) is 9.18. The van der Waals surface area contributed by atoms with Gasteiger partial charge >= 0.3 is 5.97 Å². The molecule has 1 aromatic heterocycles. The molecule has 0 bridgehead atoms. The molecule has 0 fully saturated rings. The number of rotatable bonds is 7. The molecule has 0 aliphatic carbocycles. The first-order chi connectivity index (χ1) is 14.1. The Morgan fingerprint density at radius 2 is 2.17 bits per heavy atom. The quantitative estimate of drug-likeness (QED) is 0.513. The summed E-state index contributed by atoms with van der Waals surface area (Å²) >= 11 is 3.68. The van der Waals surface area contributed by atoms with E-state index in [-0.39, 0.29) is 16.4 Å². The van der Waals surface area contributed by atoms with Gasteiger partial charge in [0.1, 0.15) is 5.75 Å². The molecule has 0 amide bonds. The van der Waals surface area contributed by atoms with Crippen molar-refractivity contribution in [2.75, 3.05) is 19.1 Å². The Labute approximate surface area is 180 Å². The number of hydrogen-bond acceptors (Lipinski definition) is 6. The summed E-state index contributed by atoms with van der Waals surface area (Å²) in [7, 11) is 0. The molecule has 7 heteroatoms. The van der Waals surface area contributed by atoms with Crippen LogP contribution in [0.3, 0.4) is 0 Å². The van der Waals surface area contributed by atoms with E-state index in [1.54, 1.807) is 18.6 Å². The molecule has 1 aromatic carbocycles. The normalized spacial score (nSPS) is 15.4. The van der Waals surface area contributed by atoms with E-state index in [2.05, 4.69) is 40.4 Å². The van der Waals surface area contributed by atoms with E-state index in [1.165, 1.54) is 5.56 Å². The fourth-order valence-electron chi connectivity index (χ4n) is 3.38. The van der Waals surface area contributed by atoms with Gasteiger partial charge in [-0.3, -0.25) is 14.8 Å². The third-order valence-electron chi connectivity index (χ3n) is 4.95. The van der Waals surface area contributed by atoms with E-state index in [4.69, 9.17) is 9.84 Å². The highest BCUT2D eigenvalue weighted by Gasteiger charge is 2.36. The lowest BCUT2D eigenvalue weighted by Crippen LogP contribution is -2.26. The van der Waals surface area contributed by atoms with Crippen LogP contribution >= 0.6 is 23.5 Å². The number of carboxylic acid groups (broad SMARTS) is 1. The van der Waals surface area contributed by atoms with Crippen LogP contribution < -0.4 is 4.74 Å². The standard InChI is InChI=1S/C22H24N2O3S2/c1-28-22(29-2)10-13-27-20-9-7-16(14-18(20)22)6-8-17(4-3-5-21(25)26)19-15-23-11-12-24-19/h7,9,11-12,14-15,17H,3-5,10,13H2,1-2H3,(H,25,26). The van der Waals surface area contributed by atoms with Gasteiger partial charge in [-0.05, 0) is 43.6 Å². The Hall–Kier alpha value is -2.17. The number of carboxylic acids is 1. The predicted octanol–water partition coefficient (Wildman–Crippen LogP) is 4.53. The Bertz CT molecular complexity index is 905. The van der Waals surface area contributed by atoms with Crippen LogP contribution in [0.1, 0.15) is 48.4 Å². The average Bonchev–Trinajstić information content (AvgIpc) is 2.76. The molecular weight excluding hydrogens is 404 g/mol. The number of fused-ring (bicyclic) bond motifs is 1. The molecule has 3 rings (SSSR count). The number of aliphatic carboxylic acids is 1. The maximum Gasteiger partial charge on any atom is 0.303 e. The van der Waals surface area contributed by atoms with Gasteiger partial charge in [0.2, 0.25) is 0 Å². The summed E-state index contributed by atoms with van der Waals surface area (Å²) in [4.78, 5) is 19.4. The van der Waals surface area contributed by atoms with Crippen LogP contribution in [0.25, 0.3) is 0 Å². The minimum Gasteiger partial charge on any atom is -0.493 e. The summed E-state index contributed by atoms with van der Waals surface area (Å²) in [6.07, 6.45) is 11.5. The maximum absolute atomic E-state index is 10.9. The first-order valence-electron chi connectivity index (χ1n) is 9.45. The number of thioether (sulfide) groups is 2. The van der Waals surface area contributed by atoms with Crippen molar-refractivity contribution in [3.05, 3.63) is 53.6 Å². The van der Waals surface area contributed by atoms with Crippen molar-refractivity contribution in [2.45, 2.75) is 35.7 Å². The van der Waals surface area contributed by atoms with Crippen molar-refractivity contribution in [2.24, 2.45) is 0 Å². The van der Waals surface area contributed by atoms with Crippen molar-refractivity contribution < 1.29 is 14.6 Å². The van der Waals surface area contributed by atoms with Gasteiger partial charge in [0, 0.05) is 42.6 Å². The van der Waals surface area contributed by atoms with Crippen molar-refractivity contribution in [1.29, 1.82) is 0 Å². The molecule has 1 atom stereocenters. The molecule has 1 unspecified atom stereocenters. The topological polar surface area (TPSA) is 72.3 Å². The molecular formula is C22H24N2O3S2. The van der Waals surface area contributed by atoms with Gasteiger partial charge in [0.25, 0.3) is 0 Å². The summed E-state index contributed by atoms with van der Waals surface area (Å²) in [6.45, 7) is 0.720. The monoisotopic (exact) mass is 428 g/mol. The van der Waals surface area contributed by atoms with Gasteiger partial charge in [0.15, 0.2) is 0 Å². The molecule has 1 aliphatic rings. The Balaban J connectivity index is 1.88. The molecule has 0 radical (unpaired) electrons. The van der Waals surface area contributed by atoms with E-state index < -0.39 is 5.97 Å². The molecule has 2 aromatic rings. The summed E-state index contributed by atoms with van der Waals surface area (Å²) in [6, 6.07) is 6.11. The SMILES string of the molecule is CSC1(SC)CCOc2ccc(C#CC(CCCC(=O)O)c3cnccn3)cc21. The number of benzene rings is 1. The van der Waals surface area contributed by atoms with Crippen molar-refractivity contribution in [3.8, 4) is 17.6 Å². The minimum absolute atomic E-state index is 0.0168. The molecule has 152 valence electrons. The molecule has 1 N–H and O–H groups in total. The lowest BCUT2D eigenvalue weighted by atomic mass is 9.97. The third-order valence-corrected chi connectivity index (χ3v) is 8.12. The highest BCUT2D eigenvalue weighted by molar-refractivity contribution is 8.16. The fourth-order valence-corrected chi connectivity index (χ4v) is 5.38.